The Morgan fingerprint density at radius 2 is 2.26 bits per heavy atom. The number of nitrogens with zero attached hydrogens (tertiary/aromatic N) is 1. The van der Waals surface area contributed by atoms with Crippen LogP contribution in [0.1, 0.15) is 41.9 Å². The van der Waals surface area contributed by atoms with Crippen LogP contribution in [0, 0.1) is 0 Å². The summed E-state index contributed by atoms with van der Waals surface area (Å²) in [5.74, 6) is 0.706. The van der Waals surface area contributed by atoms with Gasteiger partial charge in [0.2, 0.25) is 0 Å². The van der Waals surface area contributed by atoms with E-state index in [0.29, 0.717) is 11.3 Å². The monoisotopic (exact) mass is 302 g/mol. The third-order valence-corrected chi connectivity index (χ3v) is 4.71. The number of thioether (sulfide) groups is 1. The number of aliphatic hydroxyl groups excluding tert-OH is 1. The molecule has 0 radical (unpaired) electrons. The maximum Gasteiger partial charge on any atom is 0.263 e. The van der Waals surface area contributed by atoms with Crippen molar-refractivity contribution in [2.45, 2.75) is 38.6 Å². The number of carbonyl (C=O) groups excluding carboxylic acids is 1. The molecular weight excluding hydrogens is 280 g/mol. The first-order chi connectivity index (χ1) is 8.88. The Morgan fingerprint density at radius 3 is 2.74 bits per heavy atom. The van der Waals surface area contributed by atoms with Crippen LogP contribution < -0.4 is 5.32 Å². The quantitative estimate of drug-likeness (QED) is 0.846. The summed E-state index contributed by atoms with van der Waals surface area (Å²) in [6, 6.07) is 0.00712. The molecule has 19 heavy (non-hydrogen) atoms. The standard InChI is InChI=1S/C13H22N2O2S2/c1-13(2,3)12-14-7-10(19-12)11(17)15-9(5-6-16)8-18-4/h7,9,16H,5-6,8H2,1-4H3,(H,15,17). The lowest BCUT2D eigenvalue weighted by atomic mass is 9.98. The van der Waals surface area contributed by atoms with E-state index < -0.39 is 0 Å². The number of aliphatic hydroxyl groups is 1. The number of aromatic nitrogens is 1. The molecule has 1 heterocycles. The van der Waals surface area contributed by atoms with Crippen LogP contribution in [0.25, 0.3) is 0 Å². The van der Waals surface area contributed by atoms with Gasteiger partial charge in [-0.3, -0.25) is 4.79 Å². The van der Waals surface area contributed by atoms with Crippen LogP contribution in [0.4, 0.5) is 0 Å². The van der Waals surface area contributed by atoms with Crippen molar-refractivity contribution in [1.82, 2.24) is 10.3 Å². The van der Waals surface area contributed by atoms with E-state index in [1.165, 1.54) is 11.3 Å². The summed E-state index contributed by atoms with van der Waals surface area (Å²) in [6.07, 6.45) is 4.20. The zero-order valence-electron chi connectivity index (χ0n) is 11.9. The van der Waals surface area contributed by atoms with Gasteiger partial charge in [-0.25, -0.2) is 4.98 Å². The number of carbonyl (C=O) groups is 1. The minimum absolute atomic E-state index is 0.00712. The minimum atomic E-state index is -0.0968. The van der Waals surface area contributed by atoms with Crippen molar-refractivity contribution in [1.29, 1.82) is 0 Å². The van der Waals surface area contributed by atoms with E-state index in [-0.39, 0.29) is 24.0 Å². The number of nitrogens with one attached hydrogen (secondary N) is 1. The number of amides is 1. The molecule has 0 aliphatic carbocycles. The lowest BCUT2D eigenvalue weighted by Crippen LogP contribution is -2.37. The Kier molecular flexibility index (Phi) is 6.29. The zero-order chi connectivity index (χ0) is 14.5. The Hall–Kier alpha value is -0.590. The molecular formula is C13H22N2O2S2. The largest absolute Gasteiger partial charge is 0.396 e. The fourth-order valence-corrected chi connectivity index (χ4v) is 3.07. The summed E-state index contributed by atoms with van der Waals surface area (Å²) in [4.78, 5) is 17.1. The molecule has 2 N–H and O–H groups in total. The van der Waals surface area contributed by atoms with Crippen molar-refractivity contribution in [2.75, 3.05) is 18.6 Å². The Bertz CT molecular complexity index is 407. The van der Waals surface area contributed by atoms with Crippen molar-refractivity contribution in [3.63, 3.8) is 0 Å². The highest BCUT2D eigenvalue weighted by Gasteiger charge is 2.21. The van der Waals surface area contributed by atoms with Gasteiger partial charge in [0.1, 0.15) is 4.88 Å². The molecule has 1 aromatic heterocycles. The molecule has 1 aromatic rings. The average Bonchev–Trinajstić information content (AvgIpc) is 2.78. The van der Waals surface area contributed by atoms with E-state index in [0.717, 1.165) is 10.8 Å². The molecule has 1 atom stereocenters. The first-order valence-electron chi connectivity index (χ1n) is 6.25. The second-order valence-corrected chi connectivity index (χ2v) is 7.36. The Morgan fingerprint density at radius 1 is 1.58 bits per heavy atom. The van der Waals surface area contributed by atoms with Gasteiger partial charge in [-0.05, 0) is 12.7 Å². The van der Waals surface area contributed by atoms with E-state index in [1.54, 1.807) is 18.0 Å². The van der Waals surface area contributed by atoms with Gasteiger partial charge in [0.15, 0.2) is 0 Å². The maximum absolute atomic E-state index is 12.1. The third-order valence-electron chi connectivity index (χ3n) is 2.55. The van der Waals surface area contributed by atoms with Gasteiger partial charge in [0.05, 0.1) is 11.2 Å². The number of hydrogen-bond donors (Lipinski definition) is 2. The predicted molar refractivity (Wildman–Crippen MR) is 82.2 cm³/mol. The van der Waals surface area contributed by atoms with Crippen LogP contribution >= 0.6 is 23.1 Å². The first-order valence-corrected chi connectivity index (χ1v) is 8.46. The van der Waals surface area contributed by atoms with E-state index in [2.05, 4.69) is 31.1 Å². The summed E-state index contributed by atoms with van der Waals surface area (Å²) < 4.78 is 0. The van der Waals surface area contributed by atoms with Gasteiger partial charge in [0, 0.05) is 23.8 Å². The summed E-state index contributed by atoms with van der Waals surface area (Å²) in [5, 5.41) is 12.9. The second kappa shape index (κ2) is 7.26. The normalized spacial score (nSPS) is 13.3. The molecule has 4 nitrogen and oxygen atoms in total. The Balaban J connectivity index is 2.69. The fraction of sp³-hybridized carbons (Fsp3) is 0.692. The zero-order valence-corrected chi connectivity index (χ0v) is 13.5. The van der Waals surface area contributed by atoms with Crippen molar-refractivity contribution in [3.05, 3.63) is 16.1 Å². The van der Waals surface area contributed by atoms with E-state index >= 15 is 0 Å². The van der Waals surface area contributed by atoms with E-state index in [4.69, 9.17) is 5.11 Å². The lowest BCUT2D eigenvalue weighted by Gasteiger charge is -2.16. The van der Waals surface area contributed by atoms with Crippen LogP contribution in [0.2, 0.25) is 0 Å². The number of thiazole rings is 1. The smallest absolute Gasteiger partial charge is 0.263 e. The van der Waals surface area contributed by atoms with Crippen LogP contribution in [-0.2, 0) is 5.41 Å². The maximum atomic E-state index is 12.1. The SMILES string of the molecule is CSCC(CCO)NC(=O)c1cnc(C(C)(C)C)s1. The summed E-state index contributed by atoms with van der Waals surface area (Å²) in [6.45, 7) is 6.32. The highest BCUT2D eigenvalue weighted by Crippen LogP contribution is 2.26. The van der Waals surface area contributed by atoms with Crippen molar-refractivity contribution in [2.24, 2.45) is 0 Å². The first kappa shape index (κ1) is 16.5. The van der Waals surface area contributed by atoms with Crippen molar-refractivity contribution >= 4 is 29.0 Å². The van der Waals surface area contributed by atoms with Gasteiger partial charge >= 0.3 is 0 Å². The van der Waals surface area contributed by atoms with Gasteiger partial charge in [0.25, 0.3) is 5.91 Å². The molecule has 0 saturated carbocycles. The molecule has 1 rings (SSSR count). The molecule has 0 aliphatic heterocycles. The lowest BCUT2D eigenvalue weighted by molar-refractivity contribution is 0.0939. The second-order valence-electron chi connectivity index (χ2n) is 5.42. The summed E-state index contributed by atoms with van der Waals surface area (Å²) >= 11 is 3.09. The van der Waals surface area contributed by atoms with Crippen LogP contribution in [0.5, 0.6) is 0 Å². The number of hydrogen-bond acceptors (Lipinski definition) is 5. The molecule has 0 fully saturated rings. The van der Waals surface area contributed by atoms with Gasteiger partial charge in [-0.2, -0.15) is 11.8 Å². The van der Waals surface area contributed by atoms with Gasteiger partial charge < -0.3 is 10.4 Å². The predicted octanol–water partition coefficient (Wildman–Crippen LogP) is 2.28. The highest BCUT2D eigenvalue weighted by molar-refractivity contribution is 7.98. The third kappa shape index (κ3) is 5.12. The molecule has 0 saturated heterocycles. The number of rotatable bonds is 6. The molecule has 108 valence electrons. The van der Waals surface area contributed by atoms with Crippen LogP contribution in [0.3, 0.4) is 0 Å². The molecule has 6 heteroatoms. The molecule has 1 amide bonds. The van der Waals surface area contributed by atoms with Crippen LogP contribution in [-0.4, -0.2) is 40.7 Å². The van der Waals surface area contributed by atoms with Crippen molar-refractivity contribution < 1.29 is 9.90 Å². The van der Waals surface area contributed by atoms with Crippen molar-refractivity contribution in [3.8, 4) is 0 Å². The molecule has 1 unspecified atom stereocenters. The van der Waals surface area contributed by atoms with E-state index in [1.807, 2.05) is 6.26 Å². The Labute approximate surface area is 123 Å². The highest BCUT2D eigenvalue weighted by atomic mass is 32.2. The molecule has 0 bridgehead atoms. The minimum Gasteiger partial charge on any atom is -0.396 e. The molecule has 0 aromatic carbocycles. The molecule has 0 spiro atoms. The average molecular weight is 302 g/mol. The van der Waals surface area contributed by atoms with E-state index in [9.17, 15) is 4.79 Å². The molecule has 0 aliphatic rings. The topological polar surface area (TPSA) is 62.2 Å². The summed E-state index contributed by atoms with van der Waals surface area (Å²) in [5.41, 5.74) is -0.0348. The van der Waals surface area contributed by atoms with Gasteiger partial charge in [-0.1, -0.05) is 20.8 Å². The van der Waals surface area contributed by atoms with Gasteiger partial charge in [-0.15, -0.1) is 11.3 Å². The fourth-order valence-electron chi connectivity index (χ4n) is 1.54. The van der Waals surface area contributed by atoms with Crippen LogP contribution in [0.15, 0.2) is 6.20 Å². The summed E-state index contributed by atoms with van der Waals surface area (Å²) in [7, 11) is 0.